The normalized spacial score (nSPS) is 18.5. The van der Waals surface area contributed by atoms with Crippen molar-refractivity contribution in [1.82, 2.24) is 30.3 Å². The van der Waals surface area contributed by atoms with Crippen molar-refractivity contribution in [3.8, 4) is 11.3 Å². The van der Waals surface area contributed by atoms with Gasteiger partial charge in [0.05, 0.1) is 12.2 Å². The molecule has 180 valence electrons. The van der Waals surface area contributed by atoms with E-state index in [0.29, 0.717) is 19.0 Å². The summed E-state index contributed by atoms with van der Waals surface area (Å²) in [6.45, 7) is 5.95. The van der Waals surface area contributed by atoms with E-state index < -0.39 is 0 Å². The third-order valence-electron chi connectivity index (χ3n) is 7.07. The molecule has 35 heavy (non-hydrogen) atoms. The van der Waals surface area contributed by atoms with E-state index >= 15 is 0 Å². The van der Waals surface area contributed by atoms with Gasteiger partial charge in [0, 0.05) is 55.8 Å². The van der Waals surface area contributed by atoms with Crippen LogP contribution < -0.4 is 5.32 Å². The number of H-pyrrole nitrogens is 1. The molecule has 0 aliphatic carbocycles. The summed E-state index contributed by atoms with van der Waals surface area (Å²) in [4.78, 5) is 22.0. The highest BCUT2D eigenvalue weighted by Crippen LogP contribution is 2.30. The third kappa shape index (κ3) is 4.53. The molecule has 1 fully saturated rings. The van der Waals surface area contributed by atoms with Crippen LogP contribution in [-0.4, -0.2) is 56.7 Å². The maximum absolute atomic E-state index is 13.2. The number of oxazole rings is 1. The topological polar surface area (TPSA) is 90.3 Å². The average molecular weight is 471 g/mol. The van der Waals surface area contributed by atoms with Gasteiger partial charge in [-0.3, -0.25) is 10.00 Å². The summed E-state index contributed by atoms with van der Waals surface area (Å²) in [7, 11) is 0. The lowest BCUT2D eigenvalue weighted by Gasteiger charge is -2.35. The number of hydrogen-bond acceptors (Lipinski definition) is 5. The third-order valence-corrected chi connectivity index (χ3v) is 7.07. The maximum atomic E-state index is 13.2. The van der Waals surface area contributed by atoms with Gasteiger partial charge in [-0.2, -0.15) is 5.10 Å². The molecule has 2 aromatic heterocycles. The fraction of sp³-hybridized carbons (Fsp3) is 0.370. The van der Waals surface area contributed by atoms with Crippen molar-refractivity contribution in [1.29, 1.82) is 0 Å². The molecule has 1 atom stereocenters. The van der Waals surface area contributed by atoms with Crippen LogP contribution in [0.25, 0.3) is 22.4 Å². The number of carbonyl (C=O) groups excluding carboxylic acids is 1. The molecule has 0 bridgehead atoms. The quantitative estimate of drug-likeness (QED) is 0.465. The minimum absolute atomic E-state index is 0.00988. The number of aromatic nitrogens is 3. The molecule has 4 heterocycles. The van der Waals surface area contributed by atoms with Crippen LogP contribution in [0.4, 0.5) is 4.79 Å². The molecule has 2 aromatic carbocycles. The van der Waals surface area contributed by atoms with Crippen molar-refractivity contribution in [2.45, 2.75) is 45.3 Å². The van der Waals surface area contributed by atoms with Gasteiger partial charge in [0.25, 0.3) is 0 Å². The number of aryl methyl sites for hydroxylation is 1. The van der Waals surface area contributed by atoms with Gasteiger partial charge >= 0.3 is 6.03 Å². The monoisotopic (exact) mass is 470 g/mol. The number of carbonyl (C=O) groups is 1. The lowest BCUT2D eigenvalue weighted by molar-refractivity contribution is 0.160. The molecule has 0 radical (unpaired) electrons. The fourth-order valence-electron chi connectivity index (χ4n) is 5.32. The maximum Gasteiger partial charge on any atom is 0.317 e. The first-order chi connectivity index (χ1) is 17.1. The molecule has 8 nitrogen and oxygen atoms in total. The first-order valence-corrected chi connectivity index (χ1v) is 12.4. The molecule has 6 rings (SSSR count). The number of piperidine rings is 1. The van der Waals surface area contributed by atoms with Gasteiger partial charge in [0.1, 0.15) is 5.52 Å². The van der Waals surface area contributed by atoms with E-state index in [-0.39, 0.29) is 12.1 Å². The summed E-state index contributed by atoms with van der Waals surface area (Å²) in [6, 6.07) is 16.7. The summed E-state index contributed by atoms with van der Waals surface area (Å²) < 4.78 is 5.71. The van der Waals surface area contributed by atoms with Crippen molar-refractivity contribution in [2.24, 2.45) is 0 Å². The number of amides is 2. The van der Waals surface area contributed by atoms with Crippen molar-refractivity contribution in [3.05, 3.63) is 71.2 Å². The first kappa shape index (κ1) is 21.9. The van der Waals surface area contributed by atoms with Crippen LogP contribution >= 0.6 is 0 Å². The largest absolute Gasteiger partial charge is 0.441 e. The van der Waals surface area contributed by atoms with E-state index in [1.807, 2.05) is 36.1 Å². The smallest absolute Gasteiger partial charge is 0.317 e. The van der Waals surface area contributed by atoms with Crippen LogP contribution in [-0.2, 0) is 19.5 Å². The van der Waals surface area contributed by atoms with E-state index in [1.165, 1.54) is 5.56 Å². The second-order valence-corrected chi connectivity index (χ2v) is 9.63. The van der Waals surface area contributed by atoms with Crippen molar-refractivity contribution >= 4 is 17.1 Å². The highest BCUT2D eigenvalue weighted by molar-refractivity contribution is 5.81. The Morgan fingerprint density at radius 2 is 2.09 bits per heavy atom. The van der Waals surface area contributed by atoms with Crippen LogP contribution in [0.3, 0.4) is 0 Å². The molecule has 2 N–H and O–H groups in total. The molecular weight excluding hydrogens is 440 g/mol. The molecule has 0 unspecified atom stereocenters. The molecule has 4 aromatic rings. The Morgan fingerprint density at radius 3 is 2.97 bits per heavy atom. The van der Waals surface area contributed by atoms with Gasteiger partial charge in [0.2, 0.25) is 0 Å². The van der Waals surface area contributed by atoms with Crippen LogP contribution in [0.15, 0.2) is 52.9 Å². The van der Waals surface area contributed by atoms with Gasteiger partial charge in [-0.25, -0.2) is 9.78 Å². The first-order valence-electron chi connectivity index (χ1n) is 12.4. The lowest BCUT2D eigenvalue weighted by atomic mass is 10.0. The number of fused-ring (bicyclic) bond motifs is 2. The Morgan fingerprint density at radius 1 is 1.20 bits per heavy atom. The minimum Gasteiger partial charge on any atom is -0.441 e. The Hall–Kier alpha value is -3.65. The highest BCUT2D eigenvalue weighted by atomic mass is 16.3. The van der Waals surface area contributed by atoms with E-state index in [4.69, 9.17) is 4.42 Å². The van der Waals surface area contributed by atoms with Crippen LogP contribution in [0, 0.1) is 6.92 Å². The second-order valence-electron chi connectivity index (χ2n) is 9.63. The Kier molecular flexibility index (Phi) is 5.74. The fourth-order valence-corrected chi connectivity index (χ4v) is 5.32. The van der Waals surface area contributed by atoms with E-state index in [1.54, 1.807) is 0 Å². The van der Waals surface area contributed by atoms with Crippen molar-refractivity contribution in [2.75, 3.05) is 19.6 Å². The molecule has 1 saturated heterocycles. The number of urea groups is 1. The molecule has 2 amide bonds. The van der Waals surface area contributed by atoms with Crippen molar-refractivity contribution in [3.63, 3.8) is 0 Å². The Labute approximate surface area is 204 Å². The molecular formula is C27H30N6O2. The molecule has 2 aliphatic rings. The van der Waals surface area contributed by atoms with Gasteiger partial charge in [-0.15, -0.1) is 0 Å². The van der Waals surface area contributed by atoms with Crippen LogP contribution in [0.1, 0.15) is 35.6 Å². The number of nitrogens with zero attached hydrogens (tertiary/aromatic N) is 4. The lowest BCUT2D eigenvalue weighted by Crippen LogP contribution is -2.52. The van der Waals surface area contributed by atoms with E-state index in [2.05, 4.69) is 49.7 Å². The predicted octanol–water partition coefficient (Wildman–Crippen LogP) is 4.26. The second kappa shape index (κ2) is 9.19. The minimum atomic E-state index is 0.00988. The summed E-state index contributed by atoms with van der Waals surface area (Å²) in [5.74, 6) is 0.647. The van der Waals surface area contributed by atoms with Crippen LogP contribution in [0.5, 0.6) is 0 Å². The van der Waals surface area contributed by atoms with Gasteiger partial charge in [-0.05, 0) is 37.1 Å². The van der Waals surface area contributed by atoms with E-state index in [0.717, 1.165) is 72.5 Å². The number of hydrogen-bond donors (Lipinski definition) is 2. The van der Waals surface area contributed by atoms with E-state index in [9.17, 15) is 4.79 Å². The number of nitrogens with one attached hydrogen (secondary N) is 2. The van der Waals surface area contributed by atoms with Crippen molar-refractivity contribution < 1.29 is 9.21 Å². The Balaban J connectivity index is 1.13. The standard InChI is InChI=1S/C27H30N6O2/c1-18-28-24-10-9-20(14-25(24)35-18)26-22-17-33(13-11-23(22)30-31-26)27(34)29-21-8-5-12-32(16-21)15-19-6-3-2-4-7-19/h2-4,6-7,9-10,14,21H,5,8,11-13,15-17H2,1H3,(H,29,34)(H,30,31)/t21-/m1/s1. The zero-order valence-electron chi connectivity index (χ0n) is 20.0. The Bertz CT molecular complexity index is 1340. The molecule has 8 heteroatoms. The summed E-state index contributed by atoms with van der Waals surface area (Å²) in [6.07, 6.45) is 2.88. The van der Waals surface area contributed by atoms with Gasteiger partial charge in [-0.1, -0.05) is 36.4 Å². The zero-order valence-corrected chi connectivity index (χ0v) is 20.0. The summed E-state index contributed by atoms with van der Waals surface area (Å²) in [5.41, 5.74) is 6.93. The highest BCUT2D eigenvalue weighted by Gasteiger charge is 2.28. The van der Waals surface area contributed by atoms with Crippen LogP contribution in [0.2, 0.25) is 0 Å². The molecule has 2 aliphatic heterocycles. The number of benzene rings is 2. The van der Waals surface area contributed by atoms with Gasteiger partial charge in [0.15, 0.2) is 11.5 Å². The predicted molar refractivity (Wildman–Crippen MR) is 134 cm³/mol. The average Bonchev–Trinajstić information content (AvgIpc) is 3.46. The molecule has 0 spiro atoms. The summed E-state index contributed by atoms with van der Waals surface area (Å²) in [5, 5.41) is 11.1. The number of rotatable bonds is 4. The molecule has 0 saturated carbocycles. The SMILES string of the molecule is Cc1nc2ccc(-c3n[nH]c4c3CN(C(=O)N[C@@H]3CCCN(Cc5ccccc5)C3)CC4)cc2o1. The zero-order chi connectivity index (χ0) is 23.8. The number of aromatic amines is 1. The summed E-state index contributed by atoms with van der Waals surface area (Å²) >= 11 is 0. The number of likely N-dealkylation sites (tertiary alicyclic amines) is 1. The van der Waals surface area contributed by atoms with Gasteiger partial charge < -0.3 is 14.6 Å².